The van der Waals surface area contributed by atoms with Gasteiger partial charge in [-0.2, -0.15) is 0 Å². The van der Waals surface area contributed by atoms with Crippen molar-refractivity contribution in [3.63, 3.8) is 0 Å². The van der Waals surface area contributed by atoms with Gasteiger partial charge in [-0.3, -0.25) is 0 Å². The zero-order valence-electron chi connectivity index (χ0n) is 6.48. The average Bonchev–Trinajstić information content (AvgIpc) is 2.05. The first-order chi connectivity index (χ1) is 4.86. The van der Waals surface area contributed by atoms with Crippen molar-refractivity contribution in [2.24, 2.45) is 0 Å². The van der Waals surface area contributed by atoms with E-state index in [0.29, 0.717) is 0 Å². The van der Waals surface area contributed by atoms with Gasteiger partial charge >= 0.3 is 0 Å². The number of allylic oxidation sites excluding steroid dienone is 3. The molecule has 0 aromatic rings. The third-order valence-corrected chi connectivity index (χ3v) is 1.62. The summed E-state index contributed by atoms with van der Waals surface area (Å²) in [7, 11) is 3.63. The summed E-state index contributed by atoms with van der Waals surface area (Å²) >= 11 is 0. The Bertz CT molecular complexity index is 170. The first-order valence-corrected chi connectivity index (χ1v) is 3.49. The number of likely N-dealkylation sites (N-methyl/N-ethyl adjacent to an activating group) is 1. The maximum atomic E-state index is 5.10. The fourth-order valence-corrected chi connectivity index (χ4v) is 1.01. The Labute approximate surface area is 61.6 Å². The summed E-state index contributed by atoms with van der Waals surface area (Å²) in [4.78, 5) is 0. The van der Waals surface area contributed by atoms with Crippen LogP contribution in [-0.2, 0) is 4.74 Å². The van der Waals surface area contributed by atoms with Crippen molar-refractivity contribution in [2.75, 3.05) is 14.2 Å². The number of ether oxygens (including phenoxy) is 1. The van der Waals surface area contributed by atoms with E-state index >= 15 is 0 Å². The number of hydrogen-bond acceptors (Lipinski definition) is 2. The lowest BCUT2D eigenvalue weighted by molar-refractivity contribution is 0.275. The molecule has 0 spiro atoms. The van der Waals surface area contributed by atoms with Gasteiger partial charge in [0.2, 0.25) is 0 Å². The molecule has 0 radical (unpaired) electrons. The second-order valence-electron chi connectivity index (χ2n) is 2.26. The van der Waals surface area contributed by atoms with Crippen LogP contribution in [0.5, 0.6) is 0 Å². The quantitative estimate of drug-likeness (QED) is 0.624. The molecule has 0 aliphatic heterocycles. The van der Waals surface area contributed by atoms with Crippen LogP contribution in [-0.4, -0.2) is 14.2 Å². The Morgan fingerprint density at radius 2 is 2.40 bits per heavy atom. The third kappa shape index (κ3) is 1.53. The SMILES string of the molecule is CNC1=CCCC(OC)=C1. The maximum Gasteiger partial charge on any atom is 0.0978 e. The van der Waals surface area contributed by atoms with Crippen LogP contribution in [0.3, 0.4) is 0 Å². The zero-order valence-corrected chi connectivity index (χ0v) is 6.48. The van der Waals surface area contributed by atoms with Crippen molar-refractivity contribution in [2.45, 2.75) is 12.8 Å². The van der Waals surface area contributed by atoms with Gasteiger partial charge < -0.3 is 10.1 Å². The number of methoxy groups -OCH3 is 1. The van der Waals surface area contributed by atoms with Crippen molar-refractivity contribution in [3.8, 4) is 0 Å². The van der Waals surface area contributed by atoms with Crippen molar-refractivity contribution in [1.29, 1.82) is 0 Å². The molecule has 1 aliphatic carbocycles. The van der Waals surface area contributed by atoms with Gasteiger partial charge in [-0.25, -0.2) is 0 Å². The Morgan fingerprint density at radius 1 is 1.60 bits per heavy atom. The smallest absolute Gasteiger partial charge is 0.0978 e. The standard InChI is InChI=1S/C8H13NO/c1-9-7-4-3-5-8(6-7)10-2/h4,6,9H,3,5H2,1-2H3. The third-order valence-electron chi connectivity index (χ3n) is 1.62. The van der Waals surface area contributed by atoms with Gasteiger partial charge in [0.1, 0.15) is 0 Å². The van der Waals surface area contributed by atoms with E-state index in [9.17, 15) is 0 Å². The van der Waals surface area contributed by atoms with Gasteiger partial charge in [0.05, 0.1) is 12.9 Å². The van der Waals surface area contributed by atoms with Crippen LogP contribution < -0.4 is 5.32 Å². The van der Waals surface area contributed by atoms with E-state index in [4.69, 9.17) is 4.74 Å². The molecule has 0 saturated heterocycles. The van der Waals surface area contributed by atoms with E-state index in [1.165, 1.54) is 0 Å². The van der Waals surface area contributed by atoms with E-state index in [0.717, 1.165) is 24.3 Å². The fourth-order valence-electron chi connectivity index (χ4n) is 1.01. The summed E-state index contributed by atoms with van der Waals surface area (Å²) < 4.78 is 5.10. The van der Waals surface area contributed by atoms with Gasteiger partial charge in [-0.15, -0.1) is 0 Å². The molecule has 2 nitrogen and oxygen atoms in total. The molecule has 0 unspecified atom stereocenters. The van der Waals surface area contributed by atoms with Crippen LogP contribution in [0.25, 0.3) is 0 Å². The number of hydrogen-bond donors (Lipinski definition) is 1. The summed E-state index contributed by atoms with van der Waals surface area (Å²) in [6.45, 7) is 0. The molecule has 0 aromatic heterocycles. The molecule has 2 heteroatoms. The highest BCUT2D eigenvalue weighted by Gasteiger charge is 2.02. The van der Waals surface area contributed by atoms with Crippen LogP contribution in [0.1, 0.15) is 12.8 Å². The van der Waals surface area contributed by atoms with Crippen molar-refractivity contribution in [3.05, 3.63) is 23.6 Å². The summed E-state index contributed by atoms with van der Waals surface area (Å²) in [5.41, 5.74) is 1.16. The Kier molecular flexibility index (Phi) is 2.37. The van der Waals surface area contributed by atoms with Crippen LogP contribution in [0.15, 0.2) is 23.6 Å². The first-order valence-electron chi connectivity index (χ1n) is 3.49. The van der Waals surface area contributed by atoms with Gasteiger partial charge in [0, 0.05) is 19.2 Å². The molecule has 1 N–H and O–H groups in total. The Morgan fingerprint density at radius 3 is 3.00 bits per heavy atom. The molecule has 0 aromatic carbocycles. The predicted octanol–water partition coefficient (Wildman–Crippen LogP) is 1.41. The van der Waals surface area contributed by atoms with Gasteiger partial charge in [0.15, 0.2) is 0 Å². The van der Waals surface area contributed by atoms with Crippen LogP contribution in [0.2, 0.25) is 0 Å². The fraction of sp³-hybridized carbons (Fsp3) is 0.500. The molecule has 0 fully saturated rings. The van der Waals surface area contributed by atoms with Crippen LogP contribution in [0, 0.1) is 0 Å². The van der Waals surface area contributed by atoms with Crippen molar-refractivity contribution >= 4 is 0 Å². The van der Waals surface area contributed by atoms with Gasteiger partial charge in [-0.1, -0.05) is 6.08 Å². The molecule has 10 heavy (non-hydrogen) atoms. The lowest BCUT2D eigenvalue weighted by Gasteiger charge is -2.11. The molecular weight excluding hydrogens is 126 g/mol. The van der Waals surface area contributed by atoms with E-state index in [2.05, 4.69) is 11.4 Å². The topological polar surface area (TPSA) is 21.3 Å². The van der Waals surface area contributed by atoms with Crippen molar-refractivity contribution < 1.29 is 4.74 Å². The number of rotatable bonds is 2. The van der Waals surface area contributed by atoms with Gasteiger partial charge in [0.25, 0.3) is 0 Å². The minimum Gasteiger partial charge on any atom is -0.501 e. The summed E-state index contributed by atoms with van der Waals surface area (Å²) in [6.07, 6.45) is 6.31. The van der Waals surface area contributed by atoms with Crippen LogP contribution in [0.4, 0.5) is 0 Å². The molecule has 0 atom stereocenters. The van der Waals surface area contributed by atoms with E-state index in [1.807, 2.05) is 13.1 Å². The predicted molar refractivity (Wildman–Crippen MR) is 41.5 cm³/mol. The van der Waals surface area contributed by atoms with E-state index in [1.54, 1.807) is 7.11 Å². The highest BCUT2D eigenvalue weighted by molar-refractivity contribution is 5.23. The monoisotopic (exact) mass is 139 g/mol. The summed E-state index contributed by atoms with van der Waals surface area (Å²) in [5.74, 6) is 1.06. The molecular formula is C8H13NO. The highest BCUT2D eigenvalue weighted by Crippen LogP contribution is 2.15. The normalized spacial score (nSPS) is 17.4. The second kappa shape index (κ2) is 3.30. The lowest BCUT2D eigenvalue weighted by Crippen LogP contribution is -2.07. The van der Waals surface area contributed by atoms with Gasteiger partial charge in [-0.05, 0) is 12.5 Å². The van der Waals surface area contributed by atoms with Crippen molar-refractivity contribution in [1.82, 2.24) is 5.32 Å². The lowest BCUT2D eigenvalue weighted by atomic mass is 10.1. The van der Waals surface area contributed by atoms with E-state index in [-0.39, 0.29) is 0 Å². The Balaban J connectivity index is 2.61. The van der Waals surface area contributed by atoms with E-state index < -0.39 is 0 Å². The Hall–Kier alpha value is -0.920. The highest BCUT2D eigenvalue weighted by atomic mass is 16.5. The minimum absolute atomic E-state index is 1.03. The molecule has 56 valence electrons. The largest absolute Gasteiger partial charge is 0.501 e. The molecule has 0 amide bonds. The van der Waals surface area contributed by atoms with Crippen LogP contribution >= 0.6 is 0 Å². The minimum atomic E-state index is 1.03. The zero-order chi connectivity index (χ0) is 7.40. The molecule has 1 rings (SSSR count). The number of nitrogens with one attached hydrogen (secondary N) is 1. The molecule has 0 bridgehead atoms. The first kappa shape index (κ1) is 7.19. The average molecular weight is 139 g/mol. The summed E-state index contributed by atoms with van der Waals surface area (Å²) in [6, 6.07) is 0. The molecule has 1 aliphatic rings. The molecule has 0 heterocycles. The maximum absolute atomic E-state index is 5.10. The second-order valence-corrected chi connectivity index (χ2v) is 2.26. The summed E-state index contributed by atoms with van der Waals surface area (Å²) in [5, 5.41) is 3.07. The molecule has 0 saturated carbocycles.